The Kier molecular flexibility index (Phi) is 0.991. The Bertz CT molecular complexity index is 111. The molecule has 0 atom stereocenters. The number of rotatable bonds is 0. The number of hydrogen-bond acceptors (Lipinski definition) is 2. The molecule has 0 aliphatic carbocycles. The molecule has 4 heteroatoms. The summed E-state index contributed by atoms with van der Waals surface area (Å²) in [4.78, 5) is 8.48. The molecule has 1 aliphatic heterocycles. The Morgan fingerprint density at radius 2 is 2.00 bits per heavy atom. The molecule has 0 aromatic heterocycles. The van der Waals surface area contributed by atoms with Crippen molar-refractivity contribution >= 4 is 7.37 Å². The highest BCUT2D eigenvalue weighted by molar-refractivity contribution is 7.59. The van der Waals surface area contributed by atoms with Gasteiger partial charge in [-0.3, -0.25) is 4.57 Å². The molecule has 0 spiro atoms. The van der Waals surface area contributed by atoms with E-state index in [0.717, 1.165) is 0 Å². The third-order valence-electron chi connectivity index (χ3n) is 0.992. The standard InChI is InChI=1S/C3H7O3P/c4-3-1-7(5,6)2-3/h3-4H,1-2H2,(H,5,6). The topological polar surface area (TPSA) is 57.5 Å². The molecule has 1 rings (SSSR count). The van der Waals surface area contributed by atoms with Crippen LogP contribution in [0.2, 0.25) is 0 Å². The minimum Gasteiger partial charge on any atom is -0.392 e. The molecule has 0 aromatic rings. The fourth-order valence-electron chi connectivity index (χ4n) is 0.605. The largest absolute Gasteiger partial charge is 0.392 e. The molecule has 3 nitrogen and oxygen atoms in total. The first-order valence-corrected chi connectivity index (χ1v) is 4.12. The SMILES string of the molecule is O=P1(O)CC(O)C1. The van der Waals surface area contributed by atoms with E-state index < -0.39 is 13.5 Å². The Morgan fingerprint density at radius 3 is 2.00 bits per heavy atom. The zero-order chi connectivity index (χ0) is 5.49. The van der Waals surface area contributed by atoms with E-state index in [4.69, 9.17) is 10.00 Å². The van der Waals surface area contributed by atoms with Crippen LogP contribution in [0, 0.1) is 0 Å². The van der Waals surface area contributed by atoms with Crippen molar-refractivity contribution in [2.45, 2.75) is 6.10 Å². The van der Waals surface area contributed by atoms with Gasteiger partial charge >= 0.3 is 0 Å². The van der Waals surface area contributed by atoms with Gasteiger partial charge in [-0.1, -0.05) is 0 Å². The zero-order valence-corrected chi connectivity index (χ0v) is 4.64. The van der Waals surface area contributed by atoms with Crippen molar-refractivity contribution in [2.24, 2.45) is 0 Å². The van der Waals surface area contributed by atoms with Crippen molar-refractivity contribution in [2.75, 3.05) is 12.3 Å². The second-order valence-electron chi connectivity index (χ2n) is 1.87. The molecular weight excluding hydrogens is 115 g/mol. The number of hydrogen-bond donors (Lipinski definition) is 2. The summed E-state index contributed by atoms with van der Waals surface area (Å²) in [5.74, 6) is 0. The Hall–Kier alpha value is 0.150. The minimum atomic E-state index is -2.77. The van der Waals surface area contributed by atoms with Crippen molar-refractivity contribution in [1.29, 1.82) is 0 Å². The van der Waals surface area contributed by atoms with E-state index >= 15 is 0 Å². The summed E-state index contributed by atoms with van der Waals surface area (Å²) < 4.78 is 10.3. The van der Waals surface area contributed by atoms with Gasteiger partial charge in [0.2, 0.25) is 7.37 Å². The van der Waals surface area contributed by atoms with Crippen LogP contribution in [0.25, 0.3) is 0 Å². The summed E-state index contributed by atoms with van der Waals surface area (Å²) in [6, 6.07) is 0. The highest BCUT2D eigenvalue weighted by atomic mass is 31.2. The van der Waals surface area contributed by atoms with E-state index in [1.807, 2.05) is 0 Å². The molecule has 0 aromatic carbocycles. The predicted octanol–water partition coefficient (Wildman–Crippen LogP) is -0.369. The summed E-state index contributed by atoms with van der Waals surface area (Å²) in [7, 11) is -2.77. The molecule has 0 amide bonds. The third-order valence-corrected chi connectivity index (χ3v) is 2.98. The molecule has 1 fully saturated rings. The summed E-state index contributed by atoms with van der Waals surface area (Å²) >= 11 is 0. The Labute approximate surface area is 41.4 Å². The maximum atomic E-state index is 10.3. The molecule has 0 unspecified atom stereocenters. The van der Waals surface area contributed by atoms with Gasteiger partial charge in [-0.2, -0.15) is 0 Å². The quantitative estimate of drug-likeness (QED) is 0.431. The van der Waals surface area contributed by atoms with Gasteiger partial charge in [-0.15, -0.1) is 0 Å². The predicted molar refractivity (Wildman–Crippen MR) is 25.6 cm³/mol. The van der Waals surface area contributed by atoms with Crippen molar-refractivity contribution in [1.82, 2.24) is 0 Å². The molecule has 1 aliphatic rings. The monoisotopic (exact) mass is 122 g/mol. The van der Waals surface area contributed by atoms with Gasteiger partial charge in [0, 0.05) is 0 Å². The lowest BCUT2D eigenvalue weighted by atomic mass is 10.5. The minimum absolute atomic E-state index is 0.104. The lowest BCUT2D eigenvalue weighted by molar-refractivity contribution is 0.192. The highest BCUT2D eigenvalue weighted by Gasteiger charge is 2.36. The molecule has 2 N–H and O–H groups in total. The first kappa shape index (κ1) is 5.29. The molecule has 0 saturated carbocycles. The van der Waals surface area contributed by atoms with E-state index in [-0.39, 0.29) is 12.3 Å². The molecule has 0 bridgehead atoms. The van der Waals surface area contributed by atoms with Crippen molar-refractivity contribution in [3.05, 3.63) is 0 Å². The van der Waals surface area contributed by atoms with Crippen LogP contribution in [0.15, 0.2) is 0 Å². The Morgan fingerprint density at radius 1 is 1.57 bits per heavy atom. The van der Waals surface area contributed by atoms with Crippen LogP contribution in [-0.2, 0) is 4.57 Å². The van der Waals surface area contributed by atoms with E-state index in [2.05, 4.69) is 0 Å². The van der Waals surface area contributed by atoms with E-state index in [1.165, 1.54) is 0 Å². The van der Waals surface area contributed by atoms with E-state index in [0.29, 0.717) is 0 Å². The number of aliphatic hydroxyl groups is 1. The van der Waals surface area contributed by atoms with Gasteiger partial charge < -0.3 is 10.00 Å². The van der Waals surface area contributed by atoms with Crippen LogP contribution in [0.4, 0.5) is 0 Å². The van der Waals surface area contributed by atoms with Crippen molar-refractivity contribution < 1.29 is 14.6 Å². The molecule has 0 radical (unpaired) electrons. The lowest BCUT2D eigenvalue weighted by Crippen LogP contribution is -2.29. The average Bonchev–Trinajstić information content (AvgIpc) is 1.27. The summed E-state index contributed by atoms with van der Waals surface area (Å²) in [6.45, 7) is 0. The fraction of sp³-hybridized carbons (Fsp3) is 1.00. The smallest absolute Gasteiger partial charge is 0.205 e. The van der Waals surface area contributed by atoms with Crippen LogP contribution in [0.5, 0.6) is 0 Å². The number of aliphatic hydroxyl groups excluding tert-OH is 1. The molecule has 1 heterocycles. The first-order valence-electron chi connectivity index (χ1n) is 2.09. The van der Waals surface area contributed by atoms with Gasteiger partial charge in [-0.25, -0.2) is 0 Å². The van der Waals surface area contributed by atoms with Crippen LogP contribution in [0.1, 0.15) is 0 Å². The van der Waals surface area contributed by atoms with Crippen molar-refractivity contribution in [3.8, 4) is 0 Å². The van der Waals surface area contributed by atoms with Gasteiger partial charge in [0.05, 0.1) is 18.4 Å². The fourth-order valence-corrected chi connectivity index (χ4v) is 1.82. The summed E-state index contributed by atoms with van der Waals surface area (Å²) in [5.41, 5.74) is 0. The first-order chi connectivity index (χ1) is 3.10. The van der Waals surface area contributed by atoms with Crippen LogP contribution in [-0.4, -0.2) is 28.4 Å². The maximum absolute atomic E-state index is 10.3. The Balaban J connectivity index is 2.44. The van der Waals surface area contributed by atoms with Gasteiger partial charge in [0.25, 0.3) is 0 Å². The summed E-state index contributed by atoms with van der Waals surface area (Å²) in [5, 5.41) is 8.45. The van der Waals surface area contributed by atoms with Crippen molar-refractivity contribution in [3.63, 3.8) is 0 Å². The second-order valence-corrected chi connectivity index (χ2v) is 4.29. The molecule has 1 saturated heterocycles. The van der Waals surface area contributed by atoms with Crippen LogP contribution >= 0.6 is 7.37 Å². The van der Waals surface area contributed by atoms with E-state index in [1.54, 1.807) is 0 Å². The van der Waals surface area contributed by atoms with Gasteiger partial charge in [0.1, 0.15) is 0 Å². The van der Waals surface area contributed by atoms with E-state index in [9.17, 15) is 4.57 Å². The molecule has 7 heavy (non-hydrogen) atoms. The third kappa shape index (κ3) is 1.03. The maximum Gasteiger partial charge on any atom is 0.205 e. The molecular formula is C3H7O3P. The highest BCUT2D eigenvalue weighted by Crippen LogP contribution is 2.50. The van der Waals surface area contributed by atoms with Gasteiger partial charge in [-0.05, 0) is 0 Å². The molecule has 42 valence electrons. The normalized spacial score (nSPS) is 50.9. The lowest BCUT2D eigenvalue weighted by Gasteiger charge is -2.25. The second kappa shape index (κ2) is 1.31. The van der Waals surface area contributed by atoms with Crippen LogP contribution < -0.4 is 0 Å². The van der Waals surface area contributed by atoms with Crippen LogP contribution in [0.3, 0.4) is 0 Å². The zero-order valence-electron chi connectivity index (χ0n) is 3.74. The average molecular weight is 122 g/mol. The summed E-state index contributed by atoms with van der Waals surface area (Å²) in [6.07, 6.45) is -0.296. The van der Waals surface area contributed by atoms with Gasteiger partial charge in [0.15, 0.2) is 0 Å².